The minimum absolute atomic E-state index is 0.375. The molecule has 0 amide bonds. The molecule has 1 heteroatoms. The number of benzene rings is 1. The van der Waals surface area contributed by atoms with E-state index in [-0.39, 0.29) is 0 Å². The predicted molar refractivity (Wildman–Crippen MR) is 76.4 cm³/mol. The molecular formula is C17H23N. The summed E-state index contributed by atoms with van der Waals surface area (Å²) in [5, 5.41) is 0. The van der Waals surface area contributed by atoms with Gasteiger partial charge in [0.05, 0.1) is 0 Å². The molecule has 0 radical (unpaired) electrons. The normalized spacial score (nSPS) is 28.6. The van der Waals surface area contributed by atoms with Gasteiger partial charge in [0.2, 0.25) is 0 Å². The van der Waals surface area contributed by atoms with Crippen LogP contribution in [0.4, 0.5) is 0 Å². The summed E-state index contributed by atoms with van der Waals surface area (Å²) in [5.41, 5.74) is 9.50. The molecule has 0 aliphatic heterocycles. The van der Waals surface area contributed by atoms with E-state index in [0.717, 1.165) is 18.3 Å². The fourth-order valence-electron chi connectivity index (χ4n) is 3.32. The molecular weight excluding hydrogens is 218 g/mol. The first kappa shape index (κ1) is 12.0. The van der Waals surface area contributed by atoms with Gasteiger partial charge in [0.1, 0.15) is 0 Å². The van der Waals surface area contributed by atoms with Crippen LogP contribution < -0.4 is 5.73 Å². The van der Waals surface area contributed by atoms with Crippen LogP contribution in [0.15, 0.2) is 42.0 Å². The van der Waals surface area contributed by atoms with E-state index in [9.17, 15) is 0 Å². The summed E-state index contributed by atoms with van der Waals surface area (Å²) < 4.78 is 0. The molecule has 1 aromatic carbocycles. The van der Waals surface area contributed by atoms with E-state index in [1.807, 2.05) is 0 Å². The van der Waals surface area contributed by atoms with Crippen LogP contribution in [0.1, 0.15) is 50.0 Å². The second-order valence-electron chi connectivity index (χ2n) is 5.89. The molecule has 2 N–H and O–H groups in total. The zero-order valence-electron chi connectivity index (χ0n) is 11.0. The van der Waals surface area contributed by atoms with Gasteiger partial charge in [-0.15, -0.1) is 0 Å². The van der Waals surface area contributed by atoms with Crippen molar-refractivity contribution in [1.82, 2.24) is 0 Å². The second kappa shape index (κ2) is 5.27. The third kappa shape index (κ3) is 2.67. The van der Waals surface area contributed by atoms with E-state index in [2.05, 4.69) is 36.4 Å². The summed E-state index contributed by atoms with van der Waals surface area (Å²) in [6.07, 6.45) is 10.2. The lowest BCUT2D eigenvalue weighted by molar-refractivity contribution is 0.549. The molecule has 18 heavy (non-hydrogen) atoms. The van der Waals surface area contributed by atoms with E-state index in [1.165, 1.54) is 37.7 Å². The monoisotopic (exact) mass is 241 g/mol. The van der Waals surface area contributed by atoms with Gasteiger partial charge in [0.25, 0.3) is 0 Å². The predicted octanol–water partition coefficient (Wildman–Crippen LogP) is 4.01. The van der Waals surface area contributed by atoms with Crippen LogP contribution in [-0.2, 0) is 0 Å². The molecule has 3 atom stereocenters. The molecule has 2 aliphatic rings. The van der Waals surface area contributed by atoms with Gasteiger partial charge in [0, 0.05) is 6.04 Å². The van der Waals surface area contributed by atoms with Crippen molar-refractivity contribution in [3.05, 3.63) is 47.5 Å². The molecule has 1 fully saturated rings. The Bertz CT molecular complexity index is 420. The Kier molecular flexibility index (Phi) is 3.51. The second-order valence-corrected chi connectivity index (χ2v) is 5.89. The lowest BCUT2D eigenvalue weighted by Crippen LogP contribution is -2.24. The minimum atomic E-state index is 0.375. The molecule has 1 saturated carbocycles. The van der Waals surface area contributed by atoms with Crippen molar-refractivity contribution < 1.29 is 0 Å². The van der Waals surface area contributed by atoms with E-state index in [0.29, 0.717) is 6.04 Å². The Morgan fingerprint density at radius 2 is 2.00 bits per heavy atom. The number of rotatable bonds is 4. The van der Waals surface area contributed by atoms with Gasteiger partial charge in [-0.3, -0.25) is 0 Å². The highest BCUT2D eigenvalue weighted by atomic mass is 14.7. The molecule has 0 heterocycles. The Balaban J connectivity index is 1.56. The van der Waals surface area contributed by atoms with Crippen molar-refractivity contribution in [3.63, 3.8) is 0 Å². The highest BCUT2D eigenvalue weighted by molar-refractivity contribution is 5.27. The Morgan fingerprint density at radius 1 is 1.17 bits per heavy atom. The average molecular weight is 241 g/mol. The van der Waals surface area contributed by atoms with Crippen LogP contribution in [0.2, 0.25) is 0 Å². The molecule has 96 valence electrons. The molecule has 0 spiro atoms. The van der Waals surface area contributed by atoms with Gasteiger partial charge in [-0.1, -0.05) is 42.0 Å². The Morgan fingerprint density at radius 3 is 2.72 bits per heavy atom. The van der Waals surface area contributed by atoms with Crippen LogP contribution in [0.3, 0.4) is 0 Å². The van der Waals surface area contributed by atoms with Gasteiger partial charge in [-0.2, -0.15) is 0 Å². The van der Waals surface area contributed by atoms with Crippen molar-refractivity contribution in [3.8, 4) is 0 Å². The molecule has 0 saturated heterocycles. The molecule has 1 nitrogen and oxygen atoms in total. The summed E-state index contributed by atoms with van der Waals surface area (Å²) in [5.74, 6) is 1.45. The van der Waals surface area contributed by atoms with Crippen LogP contribution >= 0.6 is 0 Å². The van der Waals surface area contributed by atoms with Crippen LogP contribution in [0.25, 0.3) is 0 Å². The number of hydrogen-bond acceptors (Lipinski definition) is 1. The third-order valence-corrected chi connectivity index (χ3v) is 4.50. The van der Waals surface area contributed by atoms with Gasteiger partial charge < -0.3 is 5.73 Å². The summed E-state index contributed by atoms with van der Waals surface area (Å²) in [7, 11) is 0. The fourth-order valence-corrected chi connectivity index (χ4v) is 3.32. The van der Waals surface area contributed by atoms with Crippen LogP contribution in [0, 0.1) is 5.92 Å². The summed E-state index contributed by atoms with van der Waals surface area (Å²) >= 11 is 0. The number of nitrogens with two attached hydrogens (primary N) is 1. The average Bonchev–Trinajstić information content (AvgIpc) is 3.21. The minimum Gasteiger partial charge on any atom is -0.327 e. The molecule has 3 rings (SSSR count). The van der Waals surface area contributed by atoms with Gasteiger partial charge >= 0.3 is 0 Å². The smallest absolute Gasteiger partial charge is 0.0111 e. The zero-order valence-corrected chi connectivity index (χ0v) is 11.0. The standard InChI is InChI=1S/C17H23N/c18-17(11-13-7-3-1-4-8-13)16-12-15(16)14-9-5-2-6-10-14/h2,5-7,9-10,15-17H,1,3-4,8,11-12,18H2. The zero-order chi connectivity index (χ0) is 12.4. The van der Waals surface area contributed by atoms with E-state index >= 15 is 0 Å². The maximum atomic E-state index is 6.40. The first-order chi connectivity index (χ1) is 8.84. The van der Waals surface area contributed by atoms with Crippen molar-refractivity contribution >= 4 is 0 Å². The summed E-state index contributed by atoms with van der Waals surface area (Å²) in [6, 6.07) is 11.2. The van der Waals surface area contributed by atoms with Crippen molar-refractivity contribution in [1.29, 1.82) is 0 Å². The summed E-state index contributed by atoms with van der Waals surface area (Å²) in [6.45, 7) is 0. The molecule has 0 bridgehead atoms. The Labute approximate surface area is 110 Å². The molecule has 1 aromatic rings. The van der Waals surface area contributed by atoms with Gasteiger partial charge in [-0.25, -0.2) is 0 Å². The largest absolute Gasteiger partial charge is 0.327 e. The fraction of sp³-hybridized carbons (Fsp3) is 0.529. The first-order valence-corrected chi connectivity index (χ1v) is 7.33. The van der Waals surface area contributed by atoms with Gasteiger partial charge in [-0.05, 0) is 55.9 Å². The first-order valence-electron chi connectivity index (χ1n) is 7.33. The SMILES string of the molecule is NC(CC1=CCCCC1)C1CC1c1ccccc1. The maximum Gasteiger partial charge on any atom is 0.0111 e. The van der Waals surface area contributed by atoms with Crippen LogP contribution in [-0.4, -0.2) is 6.04 Å². The Hall–Kier alpha value is -1.08. The summed E-state index contributed by atoms with van der Waals surface area (Å²) in [4.78, 5) is 0. The molecule has 3 unspecified atom stereocenters. The van der Waals surface area contributed by atoms with Crippen molar-refractivity contribution in [2.45, 2.75) is 50.5 Å². The van der Waals surface area contributed by atoms with Crippen molar-refractivity contribution in [2.24, 2.45) is 11.7 Å². The van der Waals surface area contributed by atoms with Crippen molar-refractivity contribution in [2.75, 3.05) is 0 Å². The lowest BCUT2D eigenvalue weighted by Gasteiger charge is -2.17. The van der Waals surface area contributed by atoms with E-state index in [4.69, 9.17) is 5.73 Å². The number of allylic oxidation sites excluding steroid dienone is 1. The molecule has 2 aliphatic carbocycles. The lowest BCUT2D eigenvalue weighted by atomic mass is 9.92. The highest BCUT2D eigenvalue weighted by Gasteiger charge is 2.42. The topological polar surface area (TPSA) is 26.0 Å². The van der Waals surface area contributed by atoms with Gasteiger partial charge in [0.15, 0.2) is 0 Å². The van der Waals surface area contributed by atoms with Crippen LogP contribution in [0.5, 0.6) is 0 Å². The van der Waals surface area contributed by atoms with E-state index < -0.39 is 0 Å². The van der Waals surface area contributed by atoms with E-state index in [1.54, 1.807) is 5.57 Å². The number of hydrogen-bond donors (Lipinski definition) is 1. The third-order valence-electron chi connectivity index (χ3n) is 4.50. The quantitative estimate of drug-likeness (QED) is 0.792. The molecule has 0 aromatic heterocycles. The highest BCUT2D eigenvalue weighted by Crippen LogP contribution is 2.50. The maximum absolute atomic E-state index is 6.40.